The van der Waals surface area contributed by atoms with Crippen molar-refractivity contribution in [1.82, 2.24) is 4.90 Å². The number of allylic oxidation sites excluding steroid dienone is 1. The van der Waals surface area contributed by atoms with Gasteiger partial charge >= 0.3 is 5.97 Å². The number of phenols is 1. The van der Waals surface area contributed by atoms with Gasteiger partial charge in [0.2, 0.25) is 0 Å². The van der Waals surface area contributed by atoms with Crippen molar-refractivity contribution in [2.75, 3.05) is 13.7 Å². The summed E-state index contributed by atoms with van der Waals surface area (Å²) in [5.41, 5.74) is 1.92. The first-order valence-electron chi connectivity index (χ1n) is 6.61. The highest BCUT2D eigenvalue weighted by Crippen LogP contribution is 2.31. The van der Waals surface area contributed by atoms with Crippen molar-refractivity contribution < 1.29 is 19.4 Å². The van der Waals surface area contributed by atoms with E-state index in [0.717, 1.165) is 5.56 Å². The Labute approximate surface area is 123 Å². The molecule has 0 spiro atoms. The first kappa shape index (κ1) is 14.8. The standard InChI is InChI=1S/C16H17NO4/c1-4-17-10(2)14(16(20)21-3)13(15(17)19)9-11-5-7-12(18)8-6-11/h5-9,18H,4H2,1-3H3/b13-9-. The van der Waals surface area contributed by atoms with E-state index in [-0.39, 0.29) is 17.2 Å². The molecule has 0 fully saturated rings. The van der Waals surface area contributed by atoms with Crippen LogP contribution in [0.1, 0.15) is 19.4 Å². The van der Waals surface area contributed by atoms with Gasteiger partial charge in [-0.3, -0.25) is 4.79 Å². The largest absolute Gasteiger partial charge is 0.508 e. The van der Waals surface area contributed by atoms with E-state index < -0.39 is 5.97 Å². The zero-order valence-corrected chi connectivity index (χ0v) is 12.2. The number of nitrogens with zero attached hydrogens (tertiary/aromatic N) is 1. The van der Waals surface area contributed by atoms with Crippen LogP contribution in [0.4, 0.5) is 0 Å². The minimum Gasteiger partial charge on any atom is -0.508 e. The maximum atomic E-state index is 12.4. The number of ether oxygens (including phenoxy) is 1. The van der Waals surface area contributed by atoms with Crippen LogP contribution in [0.2, 0.25) is 0 Å². The maximum absolute atomic E-state index is 12.4. The Balaban J connectivity index is 2.52. The molecule has 1 aromatic rings. The molecule has 1 aromatic carbocycles. The van der Waals surface area contributed by atoms with Gasteiger partial charge in [0.25, 0.3) is 5.91 Å². The van der Waals surface area contributed by atoms with Crippen LogP contribution in [-0.4, -0.2) is 35.5 Å². The van der Waals surface area contributed by atoms with E-state index in [1.807, 2.05) is 6.92 Å². The summed E-state index contributed by atoms with van der Waals surface area (Å²) < 4.78 is 4.78. The number of esters is 1. The summed E-state index contributed by atoms with van der Waals surface area (Å²) in [6.07, 6.45) is 1.63. The molecule has 0 aliphatic carbocycles. The fourth-order valence-corrected chi connectivity index (χ4v) is 2.35. The minimum atomic E-state index is -0.526. The summed E-state index contributed by atoms with van der Waals surface area (Å²) in [7, 11) is 1.29. The molecular weight excluding hydrogens is 270 g/mol. The number of hydrogen-bond donors (Lipinski definition) is 1. The molecule has 21 heavy (non-hydrogen) atoms. The minimum absolute atomic E-state index is 0.144. The van der Waals surface area contributed by atoms with E-state index in [0.29, 0.717) is 17.8 Å². The third-order valence-corrected chi connectivity index (χ3v) is 3.42. The van der Waals surface area contributed by atoms with Crippen LogP contribution in [0, 0.1) is 0 Å². The second-order valence-corrected chi connectivity index (χ2v) is 4.65. The van der Waals surface area contributed by atoms with Crippen molar-refractivity contribution in [3.8, 4) is 5.75 Å². The molecule has 1 N–H and O–H groups in total. The fourth-order valence-electron chi connectivity index (χ4n) is 2.35. The van der Waals surface area contributed by atoms with Gasteiger partial charge in [-0.25, -0.2) is 4.79 Å². The Kier molecular flexibility index (Phi) is 4.12. The van der Waals surface area contributed by atoms with Crippen LogP contribution in [-0.2, 0) is 14.3 Å². The van der Waals surface area contributed by atoms with Gasteiger partial charge in [-0.2, -0.15) is 0 Å². The van der Waals surface area contributed by atoms with Gasteiger partial charge in [-0.05, 0) is 37.6 Å². The highest BCUT2D eigenvalue weighted by molar-refractivity contribution is 6.16. The predicted molar refractivity (Wildman–Crippen MR) is 78.2 cm³/mol. The van der Waals surface area contributed by atoms with Gasteiger partial charge in [-0.15, -0.1) is 0 Å². The van der Waals surface area contributed by atoms with Crippen molar-refractivity contribution in [3.63, 3.8) is 0 Å². The first-order valence-corrected chi connectivity index (χ1v) is 6.61. The topological polar surface area (TPSA) is 66.8 Å². The Morgan fingerprint density at radius 1 is 1.33 bits per heavy atom. The van der Waals surface area contributed by atoms with Crippen LogP contribution in [0.15, 0.2) is 41.1 Å². The molecule has 2 rings (SSSR count). The molecule has 1 amide bonds. The molecular formula is C16H17NO4. The number of methoxy groups -OCH3 is 1. The monoisotopic (exact) mass is 287 g/mol. The molecule has 0 unspecified atom stereocenters. The third-order valence-electron chi connectivity index (χ3n) is 3.42. The smallest absolute Gasteiger partial charge is 0.340 e. The molecule has 0 bridgehead atoms. The summed E-state index contributed by atoms with van der Waals surface area (Å²) in [6.45, 7) is 4.06. The van der Waals surface area contributed by atoms with Crippen LogP contribution >= 0.6 is 0 Å². The van der Waals surface area contributed by atoms with Crippen molar-refractivity contribution in [2.24, 2.45) is 0 Å². The summed E-state index contributed by atoms with van der Waals surface area (Å²) in [6, 6.07) is 6.40. The van der Waals surface area contributed by atoms with Gasteiger partial charge in [0.15, 0.2) is 0 Å². The summed E-state index contributed by atoms with van der Waals surface area (Å²) >= 11 is 0. The Morgan fingerprint density at radius 2 is 1.95 bits per heavy atom. The van der Waals surface area contributed by atoms with Gasteiger partial charge in [-0.1, -0.05) is 12.1 Å². The number of rotatable bonds is 3. The van der Waals surface area contributed by atoms with E-state index in [1.54, 1.807) is 30.0 Å². The van der Waals surface area contributed by atoms with Gasteiger partial charge < -0.3 is 14.7 Å². The number of carbonyl (C=O) groups is 2. The number of carbonyl (C=O) groups excluding carboxylic acids is 2. The molecule has 0 saturated heterocycles. The van der Waals surface area contributed by atoms with Crippen molar-refractivity contribution in [1.29, 1.82) is 0 Å². The zero-order chi connectivity index (χ0) is 15.6. The number of amides is 1. The lowest BCUT2D eigenvalue weighted by Crippen LogP contribution is -2.24. The number of benzene rings is 1. The molecule has 0 aromatic heterocycles. The van der Waals surface area contributed by atoms with Crippen LogP contribution in [0.3, 0.4) is 0 Å². The van der Waals surface area contributed by atoms with Gasteiger partial charge in [0.1, 0.15) is 5.75 Å². The van der Waals surface area contributed by atoms with E-state index in [9.17, 15) is 14.7 Å². The van der Waals surface area contributed by atoms with E-state index >= 15 is 0 Å². The molecule has 1 aliphatic rings. The molecule has 1 aliphatic heterocycles. The molecule has 5 heteroatoms. The number of phenolic OH excluding ortho intramolecular Hbond substituents is 1. The van der Waals surface area contributed by atoms with Crippen LogP contribution in [0.5, 0.6) is 5.75 Å². The second kappa shape index (κ2) is 5.83. The predicted octanol–water partition coefficient (Wildman–Crippen LogP) is 2.08. The van der Waals surface area contributed by atoms with E-state index in [2.05, 4.69) is 0 Å². The lowest BCUT2D eigenvalue weighted by atomic mass is 10.0. The number of hydrogen-bond acceptors (Lipinski definition) is 4. The molecule has 5 nitrogen and oxygen atoms in total. The lowest BCUT2D eigenvalue weighted by molar-refractivity contribution is -0.136. The SMILES string of the molecule is CCN1C(=O)/C(=C\c2ccc(O)cc2)C(C(=O)OC)=C1C. The van der Waals surface area contributed by atoms with E-state index in [1.165, 1.54) is 19.2 Å². The van der Waals surface area contributed by atoms with Crippen LogP contribution < -0.4 is 0 Å². The lowest BCUT2D eigenvalue weighted by Gasteiger charge is -2.14. The molecule has 110 valence electrons. The third kappa shape index (κ3) is 2.67. The quantitative estimate of drug-likeness (QED) is 0.683. The van der Waals surface area contributed by atoms with Crippen LogP contribution in [0.25, 0.3) is 6.08 Å². The Bertz CT molecular complexity index is 641. The fraction of sp³-hybridized carbons (Fsp3) is 0.250. The van der Waals surface area contributed by atoms with Crippen molar-refractivity contribution in [2.45, 2.75) is 13.8 Å². The zero-order valence-electron chi connectivity index (χ0n) is 12.2. The normalized spacial score (nSPS) is 16.8. The highest BCUT2D eigenvalue weighted by atomic mass is 16.5. The van der Waals surface area contributed by atoms with Gasteiger partial charge in [0, 0.05) is 12.2 Å². The summed E-state index contributed by atoms with van der Waals surface area (Å²) in [5.74, 6) is -0.602. The summed E-state index contributed by atoms with van der Waals surface area (Å²) in [4.78, 5) is 25.9. The van der Waals surface area contributed by atoms with Crippen molar-refractivity contribution in [3.05, 3.63) is 46.7 Å². The number of aromatic hydroxyl groups is 1. The van der Waals surface area contributed by atoms with Crippen molar-refractivity contribution >= 4 is 18.0 Å². The van der Waals surface area contributed by atoms with E-state index in [4.69, 9.17) is 4.74 Å². The first-order chi connectivity index (χ1) is 9.99. The average molecular weight is 287 g/mol. The molecule has 0 radical (unpaired) electrons. The highest BCUT2D eigenvalue weighted by Gasteiger charge is 2.35. The van der Waals surface area contributed by atoms with Gasteiger partial charge in [0.05, 0.1) is 18.3 Å². The Morgan fingerprint density at radius 3 is 2.48 bits per heavy atom. The maximum Gasteiger partial charge on any atom is 0.340 e. The molecule has 1 heterocycles. The second-order valence-electron chi connectivity index (χ2n) is 4.65. The Hall–Kier alpha value is -2.56. The summed E-state index contributed by atoms with van der Waals surface area (Å²) in [5, 5.41) is 9.29. The molecule has 0 saturated carbocycles. The number of likely N-dealkylation sites (N-methyl/N-ethyl adjacent to an activating group) is 1. The average Bonchev–Trinajstić information content (AvgIpc) is 2.71. The molecule has 0 atom stereocenters.